The van der Waals surface area contributed by atoms with E-state index in [1.165, 1.54) is 11.3 Å². The first-order valence-electron chi connectivity index (χ1n) is 6.96. The SMILES string of the molecule is Cc1ccc(C(=O)CN2CC=CC(C(=O)N(N)S(C)(=O)=O)C2)s1. The number of sulfonamides is 1. The molecule has 0 spiro atoms. The van der Waals surface area contributed by atoms with Crippen LogP contribution in [0.3, 0.4) is 0 Å². The second-order valence-electron chi connectivity index (χ2n) is 5.46. The number of thiophene rings is 1. The van der Waals surface area contributed by atoms with Crippen LogP contribution in [-0.2, 0) is 14.8 Å². The van der Waals surface area contributed by atoms with Crippen molar-refractivity contribution in [2.24, 2.45) is 11.8 Å². The van der Waals surface area contributed by atoms with E-state index in [-0.39, 0.29) is 23.3 Å². The van der Waals surface area contributed by atoms with Gasteiger partial charge in [-0.2, -0.15) is 4.41 Å². The van der Waals surface area contributed by atoms with Gasteiger partial charge < -0.3 is 0 Å². The summed E-state index contributed by atoms with van der Waals surface area (Å²) in [6.45, 7) is 2.90. The third-order valence-electron chi connectivity index (χ3n) is 3.46. The Kier molecular flexibility index (Phi) is 5.35. The van der Waals surface area contributed by atoms with E-state index in [1.54, 1.807) is 23.1 Å². The van der Waals surface area contributed by atoms with E-state index in [9.17, 15) is 18.0 Å². The van der Waals surface area contributed by atoms with Gasteiger partial charge in [0.15, 0.2) is 5.78 Å². The van der Waals surface area contributed by atoms with Crippen LogP contribution in [0.25, 0.3) is 0 Å². The fraction of sp³-hybridized carbons (Fsp3) is 0.429. The van der Waals surface area contributed by atoms with Crippen LogP contribution in [0.1, 0.15) is 14.5 Å². The Hall–Kier alpha value is -1.55. The second-order valence-corrected chi connectivity index (χ2v) is 8.61. The quantitative estimate of drug-likeness (QED) is 0.269. The van der Waals surface area contributed by atoms with Crippen LogP contribution in [0.4, 0.5) is 0 Å². The standard InChI is InChI=1S/C14H19N3O4S2/c1-10-5-6-13(22-10)12(18)9-16-7-3-4-11(8-16)14(19)17(15)23(2,20)21/h3-6,11H,7-9,15H2,1-2H3. The highest BCUT2D eigenvalue weighted by Crippen LogP contribution is 2.18. The maximum Gasteiger partial charge on any atom is 0.258 e. The molecule has 0 radical (unpaired) electrons. The predicted octanol–water partition coefficient (Wildman–Crippen LogP) is 0.389. The van der Waals surface area contributed by atoms with E-state index in [0.717, 1.165) is 11.1 Å². The number of ketones is 1. The molecule has 0 saturated carbocycles. The molecule has 7 nitrogen and oxygen atoms in total. The van der Waals surface area contributed by atoms with Gasteiger partial charge >= 0.3 is 0 Å². The largest absolute Gasteiger partial charge is 0.292 e. The van der Waals surface area contributed by atoms with Crippen LogP contribution in [0.15, 0.2) is 24.3 Å². The van der Waals surface area contributed by atoms with Crippen molar-refractivity contribution in [1.29, 1.82) is 0 Å². The highest BCUT2D eigenvalue weighted by Gasteiger charge is 2.30. The Morgan fingerprint density at radius 1 is 1.43 bits per heavy atom. The van der Waals surface area contributed by atoms with Gasteiger partial charge in [0.2, 0.25) is 10.0 Å². The van der Waals surface area contributed by atoms with E-state index in [2.05, 4.69) is 0 Å². The fourth-order valence-electron chi connectivity index (χ4n) is 2.27. The summed E-state index contributed by atoms with van der Waals surface area (Å²) < 4.78 is 23.0. The summed E-state index contributed by atoms with van der Waals surface area (Å²) in [6.07, 6.45) is 4.25. The number of carbonyl (C=O) groups excluding carboxylic acids is 2. The number of rotatable bonds is 5. The maximum absolute atomic E-state index is 12.2. The van der Waals surface area contributed by atoms with E-state index in [4.69, 9.17) is 5.84 Å². The normalized spacial score (nSPS) is 18.8. The lowest BCUT2D eigenvalue weighted by Crippen LogP contribution is -2.49. The lowest BCUT2D eigenvalue weighted by atomic mass is 10.0. The van der Waals surface area contributed by atoms with Gasteiger partial charge in [-0.1, -0.05) is 12.2 Å². The molecule has 2 rings (SSSR count). The second kappa shape index (κ2) is 6.91. The van der Waals surface area contributed by atoms with Crippen molar-refractivity contribution in [3.63, 3.8) is 0 Å². The van der Waals surface area contributed by atoms with Gasteiger partial charge in [0.25, 0.3) is 5.91 Å². The number of nitrogens with zero attached hydrogens (tertiary/aromatic N) is 2. The molecule has 0 aromatic carbocycles. The molecule has 126 valence electrons. The zero-order chi connectivity index (χ0) is 17.2. The molecule has 0 aliphatic carbocycles. The van der Waals surface area contributed by atoms with Crippen LogP contribution in [0.2, 0.25) is 0 Å². The maximum atomic E-state index is 12.2. The van der Waals surface area contributed by atoms with E-state index < -0.39 is 21.8 Å². The van der Waals surface area contributed by atoms with Crippen molar-refractivity contribution in [3.8, 4) is 0 Å². The summed E-state index contributed by atoms with van der Waals surface area (Å²) >= 11 is 1.43. The van der Waals surface area contributed by atoms with Gasteiger partial charge in [-0.05, 0) is 19.1 Å². The molecular formula is C14H19N3O4S2. The molecule has 1 unspecified atom stereocenters. The number of aryl methyl sites for hydroxylation is 1. The van der Waals surface area contributed by atoms with Crippen molar-refractivity contribution in [3.05, 3.63) is 34.0 Å². The molecule has 1 aliphatic heterocycles. The monoisotopic (exact) mass is 357 g/mol. The average Bonchev–Trinajstić information content (AvgIpc) is 2.91. The molecule has 23 heavy (non-hydrogen) atoms. The molecule has 2 heterocycles. The number of Topliss-reactive ketones (excluding diaryl/α,β-unsaturated/α-hetero) is 1. The smallest absolute Gasteiger partial charge is 0.258 e. The average molecular weight is 357 g/mol. The molecular weight excluding hydrogens is 338 g/mol. The number of amides is 1. The van der Waals surface area contributed by atoms with Crippen molar-refractivity contribution < 1.29 is 18.0 Å². The van der Waals surface area contributed by atoms with Gasteiger partial charge in [0.1, 0.15) is 0 Å². The van der Waals surface area contributed by atoms with Crippen molar-refractivity contribution in [1.82, 2.24) is 9.31 Å². The topological polar surface area (TPSA) is 101 Å². The fourth-order valence-corrected chi connectivity index (χ4v) is 3.53. The van der Waals surface area contributed by atoms with Gasteiger partial charge in [-0.15, -0.1) is 11.3 Å². The lowest BCUT2D eigenvalue weighted by molar-refractivity contribution is -0.130. The van der Waals surface area contributed by atoms with Gasteiger partial charge in [0, 0.05) is 18.0 Å². The number of hydrazine groups is 1. The van der Waals surface area contributed by atoms with Crippen molar-refractivity contribution >= 4 is 33.1 Å². The Balaban J connectivity index is 2.01. The van der Waals surface area contributed by atoms with E-state index >= 15 is 0 Å². The first kappa shape index (κ1) is 17.8. The molecule has 1 amide bonds. The first-order chi connectivity index (χ1) is 10.7. The number of nitrogens with two attached hydrogens (primary N) is 1. The minimum absolute atomic E-state index is 0.0164. The van der Waals surface area contributed by atoms with Crippen molar-refractivity contribution in [2.45, 2.75) is 6.92 Å². The zero-order valence-electron chi connectivity index (χ0n) is 12.9. The summed E-state index contributed by atoms with van der Waals surface area (Å²) in [6, 6.07) is 3.68. The lowest BCUT2D eigenvalue weighted by Gasteiger charge is -2.28. The Morgan fingerprint density at radius 3 is 2.70 bits per heavy atom. The predicted molar refractivity (Wildman–Crippen MR) is 88.3 cm³/mol. The van der Waals surface area contributed by atoms with Crippen LogP contribution in [0.5, 0.6) is 0 Å². The number of hydrogen-bond donors (Lipinski definition) is 1. The number of hydrogen-bond acceptors (Lipinski definition) is 7. The summed E-state index contributed by atoms with van der Waals surface area (Å²) in [4.78, 5) is 27.9. The van der Waals surface area contributed by atoms with Crippen LogP contribution >= 0.6 is 11.3 Å². The van der Waals surface area contributed by atoms with Crippen LogP contribution in [0, 0.1) is 12.8 Å². The molecule has 2 N–H and O–H groups in total. The van der Waals surface area contributed by atoms with Crippen LogP contribution < -0.4 is 5.84 Å². The molecule has 0 bridgehead atoms. The Morgan fingerprint density at radius 2 is 2.13 bits per heavy atom. The molecule has 1 aromatic rings. The molecule has 0 saturated heterocycles. The molecule has 9 heteroatoms. The molecule has 0 fully saturated rings. The first-order valence-corrected chi connectivity index (χ1v) is 9.62. The molecule has 1 aromatic heterocycles. The zero-order valence-corrected chi connectivity index (χ0v) is 14.6. The van der Waals surface area contributed by atoms with E-state index in [1.807, 2.05) is 13.0 Å². The minimum atomic E-state index is -3.79. The Bertz CT molecular complexity index is 739. The summed E-state index contributed by atoms with van der Waals surface area (Å²) in [7, 11) is -3.79. The highest BCUT2D eigenvalue weighted by molar-refractivity contribution is 7.88. The molecule has 1 aliphatic rings. The third kappa shape index (κ3) is 4.47. The summed E-state index contributed by atoms with van der Waals surface area (Å²) in [5, 5.41) is 0. The molecule has 1 atom stereocenters. The van der Waals surface area contributed by atoms with Gasteiger partial charge in [-0.25, -0.2) is 14.3 Å². The van der Waals surface area contributed by atoms with Crippen LogP contribution in [-0.4, -0.2) is 55.3 Å². The summed E-state index contributed by atoms with van der Waals surface area (Å²) in [5.74, 6) is 3.95. The number of carbonyl (C=O) groups is 2. The Labute approximate surface area is 139 Å². The summed E-state index contributed by atoms with van der Waals surface area (Å²) in [5.41, 5.74) is 0. The van der Waals surface area contributed by atoms with Crippen molar-refractivity contribution in [2.75, 3.05) is 25.9 Å². The minimum Gasteiger partial charge on any atom is -0.292 e. The van der Waals surface area contributed by atoms with Gasteiger partial charge in [0.05, 0.1) is 23.6 Å². The van der Waals surface area contributed by atoms with E-state index in [0.29, 0.717) is 11.4 Å². The highest BCUT2D eigenvalue weighted by atomic mass is 32.2. The third-order valence-corrected chi connectivity index (χ3v) is 5.40. The van der Waals surface area contributed by atoms with Gasteiger partial charge in [-0.3, -0.25) is 14.5 Å².